The standard InChI is InChI=1S/C25H25N3O4S/c1-18(19-7-8-21-16-23(32-2)10-9-20(21)15-19)25(29)27-11-13-28(14-12-27)33(30,31)24-6-4-3-5-22(24)17-26/h3-10,15-16,18H,11-14H2,1-2H3/t18-/m0/s1. The molecule has 7 nitrogen and oxygen atoms in total. The van der Waals surface area contributed by atoms with Crippen molar-refractivity contribution >= 4 is 26.7 Å². The lowest BCUT2D eigenvalue weighted by Gasteiger charge is -2.35. The molecular weight excluding hydrogens is 438 g/mol. The number of carbonyl (C=O) groups excluding carboxylic acids is 1. The van der Waals surface area contributed by atoms with Gasteiger partial charge in [-0.3, -0.25) is 4.79 Å². The molecule has 33 heavy (non-hydrogen) atoms. The minimum Gasteiger partial charge on any atom is -0.497 e. The van der Waals surface area contributed by atoms with Crippen LogP contribution in [-0.2, 0) is 14.8 Å². The van der Waals surface area contributed by atoms with Gasteiger partial charge in [0.2, 0.25) is 15.9 Å². The maximum Gasteiger partial charge on any atom is 0.244 e. The highest BCUT2D eigenvalue weighted by Crippen LogP contribution is 2.27. The van der Waals surface area contributed by atoms with Crippen LogP contribution >= 0.6 is 0 Å². The molecule has 0 N–H and O–H groups in total. The van der Waals surface area contributed by atoms with E-state index in [4.69, 9.17) is 4.74 Å². The molecule has 3 aromatic carbocycles. The van der Waals surface area contributed by atoms with E-state index in [1.54, 1.807) is 24.1 Å². The van der Waals surface area contributed by atoms with Gasteiger partial charge in [-0.1, -0.05) is 36.4 Å². The topological polar surface area (TPSA) is 90.7 Å². The summed E-state index contributed by atoms with van der Waals surface area (Å²) in [6.07, 6.45) is 0. The lowest BCUT2D eigenvalue weighted by molar-refractivity contribution is -0.133. The highest BCUT2D eigenvalue weighted by Gasteiger charge is 2.33. The van der Waals surface area contributed by atoms with Gasteiger partial charge in [0, 0.05) is 26.2 Å². The SMILES string of the molecule is COc1ccc2cc([C@H](C)C(=O)N3CCN(S(=O)(=O)c4ccccc4C#N)CC3)ccc2c1. The van der Waals surface area contributed by atoms with Crippen molar-refractivity contribution in [2.24, 2.45) is 0 Å². The summed E-state index contributed by atoms with van der Waals surface area (Å²) in [4.78, 5) is 14.9. The van der Waals surface area contributed by atoms with Crippen LogP contribution in [0.2, 0.25) is 0 Å². The van der Waals surface area contributed by atoms with Gasteiger partial charge in [-0.2, -0.15) is 9.57 Å². The zero-order valence-corrected chi connectivity index (χ0v) is 19.4. The molecule has 0 aromatic heterocycles. The molecule has 0 unspecified atom stereocenters. The zero-order valence-electron chi connectivity index (χ0n) is 18.6. The molecule has 1 aliphatic heterocycles. The summed E-state index contributed by atoms with van der Waals surface area (Å²) >= 11 is 0. The Bertz CT molecular complexity index is 1340. The van der Waals surface area contributed by atoms with Gasteiger partial charge in [0.15, 0.2) is 0 Å². The summed E-state index contributed by atoms with van der Waals surface area (Å²) < 4.78 is 32.7. The van der Waals surface area contributed by atoms with Gasteiger partial charge in [-0.15, -0.1) is 0 Å². The van der Waals surface area contributed by atoms with Crippen molar-refractivity contribution in [2.45, 2.75) is 17.7 Å². The number of benzene rings is 3. The van der Waals surface area contributed by atoms with E-state index >= 15 is 0 Å². The molecule has 1 fully saturated rings. The number of sulfonamides is 1. The van der Waals surface area contributed by atoms with Crippen LogP contribution in [0, 0.1) is 11.3 Å². The van der Waals surface area contributed by atoms with E-state index in [-0.39, 0.29) is 35.4 Å². The van der Waals surface area contributed by atoms with Crippen LogP contribution in [0.5, 0.6) is 5.75 Å². The van der Waals surface area contributed by atoms with Crippen molar-refractivity contribution in [1.29, 1.82) is 5.26 Å². The Morgan fingerprint density at radius 2 is 1.67 bits per heavy atom. The maximum absolute atomic E-state index is 13.2. The largest absolute Gasteiger partial charge is 0.497 e. The van der Waals surface area contributed by atoms with Crippen LogP contribution in [-0.4, -0.2) is 56.8 Å². The lowest BCUT2D eigenvalue weighted by atomic mass is 9.96. The Morgan fingerprint density at radius 3 is 2.36 bits per heavy atom. The molecule has 1 amide bonds. The first-order valence-corrected chi connectivity index (χ1v) is 12.1. The molecule has 4 rings (SSSR count). The first kappa shape index (κ1) is 22.8. The highest BCUT2D eigenvalue weighted by atomic mass is 32.2. The number of methoxy groups -OCH3 is 1. The molecule has 0 saturated carbocycles. The summed E-state index contributed by atoms with van der Waals surface area (Å²) in [5, 5.41) is 11.3. The quantitative estimate of drug-likeness (QED) is 0.579. The van der Waals surface area contributed by atoms with Gasteiger partial charge >= 0.3 is 0 Å². The zero-order chi connectivity index (χ0) is 23.6. The van der Waals surface area contributed by atoms with Crippen LogP contribution in [0.1, 0.15) is 24.0 Å². The van der Waals surface area contributed by atoms with Crippen LogP contribution < -0.4 is 4.74 Å². The second kappa shape index (κ2) is 9.22. The molecular formula is C25H25N3O4S. The number of carbonyl (C=O) groups is 1. The summed E-state index contributed by atoms with van der Waals surface area (Å²) in [6.45, 7) is 2.87. The fourth-order valence-corrected chi connectivity index (χ4v) is 5.69. The average molecular weight is 464 g/mol. The van der Waals surface area contributed by atoms with Crippen molar-refractivity contribution in [3.05, 3.63) is 71.8 Å². The fraction of sp³-hybridized carbons (Fsp3) is 0.280. The molecule has 170 valence electrons. The number of nitrogens with zero attached hydrogens (tertiary/aromatic N) is 3. The third kappa shape index (κ3) is 4.42. The number of hydrogen-bond acceptors (Lipinski definition) is 5. The van der Waals surface area contributed by atoms with Crippen LogP contribution in [0.15, 0.2) is 65.6 Å². The monoisotopic (exact) mass is 463 g/mol. The number of amides is 1. The number of nitriles is 1. The van der Waals surface area contributed by atoms with Crippen molar-refractivity contribution in [3.8, 4) is 11.8 Å². The van der Waals surface area contributed by atoms with Crippen molar-refractivity contribution in [3.63, 3.8) is 0 Å². The molecule has 0 radical (unpaired) electrons. The first-order valence-electron chi connectivity index (χ1n) is 10.7. The maximum atomic E-state index is 13.2. The van der Waals surface area contributed by atoms with Gasteiger partial charge in [0.05, 0.1) is 23.5 Å². The number of hydrogen-bond donors (Lipinski definition) is 0. The Balaban J connectivity index is 1.46. The normalized spacial score (nSPS) is 15.7. The third-order valence-corrected chi connectivity index (χ3v) is 8.07. The first-order chi connectivity index (χ1) is 15.8. The van der Waals surface area contributed by atoms with Gasteiger partial charge in [-0.25, -0.2) is 8.42 Å². The predicted octanol–water partition coefficient (Wildman–Crippen LogP) is 3.36. The highest BCUT2D eigenvalue weighted by molar-refractivity contribution is 7.89. The Kier molecular flexibility index (Phi) is 6.36. The minimum atomic E-state index is -3.79. The van der Waals surface area contributed by atoms with Gasteiger partial charge in [0.1, 0.15) is 11.8 Å². The summed E-state index contributed by atoms with van der Waals surface area (Å²) in [5.74, 6) is 0.404. The van der Waals surface area contributed by atoms with Crippen LogP contribution in [0.3, 0.4) is 0 Å². The molecule has 1 atom stereocenters. The minimum absolute atomic E-state index is 0.00781. The molecule has 0 spiro atoms. The number of fused-ring (bicyclic) bond motifs is 1. The van der Waals surface area contributed by atoms with Gasteiger partial charge in [0.25, 0.3) is 0 Å². The van der Waals surface area contributed by atoms with Crippen molar-refractivity contribution in [1.82, 2.24) is 9.21 Å². The van der Waals surface area contributed by atoms with Gasteiger partial charge < -0.3 is 9.64 Å². The molecule has 1 aliphatic rings. The molecule has 0 aliphatic carbocycles. The Morgan fingerprint density at radius 1 is 1.00 bits per heavy atom. The summed E-state index contributed by atoms with van der Waals surface area (Å²) in [7, 11) is -2.17. The van der Waals surface area contributed by atoms with E-state index in [0.717, 1.165) is 22.1 Å². The molecule has 8 heteroatoms. The summed E-state index contributed by atoms with van der Waals surface area (Å²) in [5.41, 5.74) is 1.04. The van der Waals surface area contributed by atoms with E-state index in [1.807, 2.05) is 49.4 Å². The molecule has 0 bridgehead atoms. The third-order valence-electron chi connectivity index (χ3n) is 6.12. The fourth-order valence-electron chi connectivity index (χ4n) is 4.13. The van der Waals surface area contributed by atoms with Gasteiger partial charge in [-0.05, 0) is 47.5 Å². The lowest BCUT2D eigenvalue weighted by Crippen LogP contribution is -2.51. The number of ether oxygens (including phenoxy) is 1. The number of piperazine rings is 1. The molecule has 1 saturated heterocycles. The van der Waals surface area contributed by atoms with Crippen molar-refractivity contribution in [2.75, 3.05) is 33.3 Å². The summed E-state index contributed by atoms with van der Waals surface area (Å²) in [6, 6.07) is 19.9. The van der Waals surface area contributed by atoms with E-state index in [1.165, 1.54) is 16.4 Å². The second-order valence-electron chi connectivity index (χ2n) is 8.03. The number of rotatable bonds is 5. The van der Waals surface area contributed by atoms with E-state index in [2.05, 4.69) is 0 Å². The van der Waals surface area contributed by atoms with Crippen LogP contribution in [0.25, 0.3) is 10.8 Å². The Labute approximate surface area is 193 Å². The van der Waals surface area contributed by atoms with E-state index < -0.39 is 10.0 Å². The van der Waals surface area contributed by atoms with Crippen molar-refractivity contribution < 1.29 is 17.9 Å². The van der Waals surface area contributed by atoms with Crippen LogP contribution in [0.4, 0.5) is 0 Å². The molecule has 1 heterocycles. The Hall–Kier alpha value is -3.41. The smallest absolute Gasteiger partial charge is 0.244 e. The van der Waals surface area contributed by atoms with E-state index in [0.29, 0.717) is 13.1 Å². The second-order valence-corrected chi connectivity index (χ2v) is 9.94. The predicted molar refractivity (Wildman–Crippen MR) is 125 cm³/mol. The molecule has 3 aromatic rings. The average Bonchev–Trinajstić information content (AvgIpc) is 2.87. The van der Waals surface area contributed by atoms with E-state index in [9.17, 15) is 18.5 Å².